The summed E-state index contributed by atoms with van der Waals surface area (Å²) in [4.78, 5) is 24.1. The number of carboxylic acids is 1. The number of aliphatic carboxylic acids is 1. The van der Waals surface area contributed by atoms with Crippen molar-refractivity contribution in [3.05, 3.63) is 0 Å². The van der Waals surface area contributed by atoms with Crippen LogP contribution in [-0.4, -0.2) is 53.4 Å². The van der Waals surface area contributed by atoms with Crippen LogP contribution in [0, 0.1) is 5.41 Å². The highest BCUT2D eigenvalue weighted by molar-refractivity contribution is 5.80. The van der Waals surface area contributed by atoms with E-state index in [1.807, 2.05) is 6.92 Å². The fourth-order valence-electron chi connectivity index (χ4n) is 1.68. The monoisotopic (exact) mass is 244 g/mol. The van der Waals surface area contributed by atoms with Crippen molar-refractivity contribution >= 4 is 12.0 Å². The molecule has 98 valence electrons. The summed E-state index contributed by atoms with van der Waals surface area (Å²) in [6.07, 6.45) is 2.05. The first-order chi connectivity index (χ1) is 8.05. The van der Waals surface area contributed by atoms with Crippen molar-refractivity contribution < 1.29 is 19.8 Å². The van der Waals surface area contributed by atoms with Crippen molar-refractivity contribution in [1.29, 1.82) is 0 Å². The largest absolute Gasteiger partial charge is 0.481 e. The Hall–Kier alpha value is -1.30. The normalized spacial score (nSPS) is 16.4. The molecule has 2 amide bonds. The first-order valence-electron chi connectivity index (χ1n) is 5.93. The molecule has 1 aliphatic carbocycles. The van der Waals surface area contributed by atoms with E-state index in [4.69, 9.17) is 10.2 Å². The molecule has 0 bridgehead atoms. The maximum Gasteiger partial charge on any atom is 0.317 e. The molecule has 0 radical (unpaired) electrons. The highest BCUT2D eigenvalue weighted by Gasteiger charge is 2.50. The lowest BCUT2D eigenvalue weighted by molar-refractivity contribution is -0.143. The molecule has 0 aromatic carbocycles. The second-order valence-corrected chi connectivity index (χ2v) is 4.45. The first kappa shape index (κ1) is 13.8. The van der Waals surface area contributed by atoms with E-state index in [0.29, 0.717) is 19.4 Å². The molecule has 0 spiro atoms. The molecule has 0 aromatic rings. The average molecular weight is 244 g/mol. The number of aliphatic hydroxyl groups is 1. The van der Waals surface area contributed by atoms with Gasteiger partial charge in [0.05, 0.1) is 12.0 Å². The number of amides is 2. The minimum atomic E-state index is -0.845. The third kappa shape index (κ3) is 3.59. The van der Waals surface area contributed by atoms with E-state index in [-0.39, 0.29) is 25.7 Å². The van der Waals surface area contributed by atoms with Gasteiger partial charge in [0, 0.05) is 19.6 Å². The second kappa shape index (κ2) is 5.86. The van der Waals surface area contributed by atoms with Gasteiger partial charge in [-0.25, -0.2) is 4.79 Å². The molecule has 0 aromatic heterocycles. The summed E-state index contributed by atoms with van der Waals surface area (Å²) < 4.78 is 0. The van der Waals surface area contributed by atoms with Crippen molar-refractivity contribution in [2.45, 2.75) is 26.2 Å². The maximum atomic E-state index is 11.7. The standard InChI is InChI=1S/C11H20N2O4/c1-2-5-13(6-7-14)10(17)12-8-11(3-4-11)9(15)16/h14H,2-8H2,1H3,(H,12,17)(H,15,16). The quantitative estimate of drug-likeness (QED) is 0.599. The van der Waals surface area contributed by atoms with Crippen molar-refractivity contribution in [2.24, 2.45) is 5.41 Å². The summed E-state index contributed by atoms with van der Waals surface area (Å²) in [5.41, 5.74) is -0.743. The van der Waals surface area contributed by atoms with Gasteiger partial charge in [0.25, 0.3) is 0 Å². The molecule has 6 nitrogen and oxygen atoms in total. The number of hydrogen-bond acceptors (Lipinski definition) is 3. The second-order valence-electron chi connectivity index (χ2n) is 4.45. The van der Waals surface area contributed by atoms with Gasteiger partial charge < -0.3 is 20.4 Å². The number of carbonyl (C=O) groups is 2. The lowest BCUT2D eigenvalue weighted by Gasteiger charge is -2.22. The van der Waals surface area contributed by atoms with Crippen LogP contribution in [0.2, 0.25) is 0 Å². The fraction of sp³-hybridized carbons (Fsp3) is 0.818. The molecular formula is C11H20N2O4. The van der Waals surface area contributed by atoms with Crippen molar-refractivity contribution in [1.82, 2.24) is 10.2 Å². The van der Waals surface area contributed by atoms with Gasteiger partial charge >= 0.3 is 12.0 Å². The van der Waals surface area contributed by atoms with E-state index in [9.17, 15) is 9.59 Å². The molecule has 0 unspecified atom stereocenters. The maximum absolute atomic E-state index is 11.7. The molecule has 17 heavy (non-hydrogen) atoms. The van der Waals surface area contributed by atoms with Crippen LogP contribution < -0.4 is 5.32 Å². The molecular weight excluding hydrogens is 224 g/mol. The topological polar surface area (TPSA) is 89.9 Å². The summed E-state index contributed by atoms with van der Waals surface area (Å²) >= 11 is 0. The minimum absolute atomic E-state index is 0.0858. The molecule has 6 heteroatoms. The number of rotatable bonds is 7. The number of carbonyl (C=O) groups excluding carboxylic acids is 1. The summed E-state index contributed by atoms with van der Waals surface area (Å²) in [5.74, 6) is -0.845. The number of hydrogen-bond donors (Lipinski definition) is 3. The van der Waals surface area contributed by atoms with Gasteiger partial charge in [-0.1, -0.05) is 6.92 Å². The van der Waals surface area contributed by atoms with E-state index >= 15 is 0 Å². The van der Waals surface area contributed by atoms with Crippen LogP contribution in [0.15, 0.2) is 0 Å². The van der Waals surface area contributed by atoms with Crippen molar-refractivity contribution in [2.75, 3.05) is 26.2 Å². The van der Waals surface area contributed by atoms with E-state index in [1.54, 1.807) is 0 Å². The molecule has 0 saturated heterocycles. The van der Waals surface area contributed by atoms with Gasteiger partial charge in [-0.3, -0.25) is 4.79 Å². The third-order valence-electron chi connectivity index (χ3n) is 3.04. The van der Waals surface area contributed by atoms with Crippen molar-refractivity contribution in [3.8, 4) is 0 Å². The Balaban J connectivity index is 2.39. The van der Waals surface area contributed by atoms with E-state index in [1.165, 1.54) is 4.90 Å². The minimum Gasteiger partial charge on any atom is -0.481 e. The molecule has 0 atom stereocenters. The lowest BCUT2D eigenvalue weighted by atomic mass is 10.1. The van der Waals surface area contributed by atoms with Gasteiger partial charge in [0.15, 0.2) is 0 Å². The number of nitrogens with one attached hydrogen (secondary N) is 1. The number of aliphatic hydroxyl groups excluding tert-OH is 1. The molecule has 1 rings (SSSR count). The highest BCUT2D eigenvalue weighted by Crippen LogP contribution is 2.45. The van der Waals surface area contributed by atoms with Crippen LogP contribution in [0.4, 0.5) is 4.79 Å². The van der Waals surface area contributed by atoms with E-state index in [0.717, 1.165) is 6.42 Å². The number of nitrogens with zero attached hydrogens (tertiary/aromatic N) is 1. The third-order valence-corrected chi connectivity index (χ3v) is 3.04. The van der Waals surface area contributed by atoms with Gasteiger partial charge in [0.2, 0.25) is 0 Å². The average Bonchev–Trinajstić information content (AvgIpc) is 3.07. The Bertz CT molecular complexity index is 283. The van der Waals surface area contributed by atoms with Crippen LogP contribution in [-0.2, 0) is 4.79 Å². The molecule has 0 heterocycles. The Morgan fingerprint density at radius 1 is 1.35 bits per heavy atom. The molecule has 0 aliphatic heterocycles. The Morgan fingerprint density at radius 3 is 2.41 bits per heavy atom. The zero-order chi connectivity index (χ0) is 12.9. The molecule has 3 N–H and O–H groups in total. The fourth-order valence-corrected chi connectivity index (χ4v) is 1.68. The van der Waals surface area contributed by atoms with Crippen LogP contribution >= 0.6 is 0 Å². The summed E-state index contributed by atoms with van der Waals surface area (Å²) in [5, 5.41) is 20.4. The predicted molar refractivity (Wildman–Crippen MR) is 61.7 cm³/mol. The lowest BCUT2D eigenvalue weighted by Crippen LogP contribution is -2.44. The molecule has 1 saturated carbocycles. The van der Waals surface area contributed by atoms with Gasteiger partial charge in [0.1, 0.15) is 0 Å². The Labute approximate surface area is 101 Å². The SMILES string of the molecule is CCCN(CCO)C(=O)NCC1(C(=O)O)CC1. The Morgan fingerprint density at radius 2 is 2.00 bits per heavy atom. The van der Waals surface area contributed by atoms with Crippen LogP contribution in [0.5, 0.6) is 0 Å². The number of urea groups is 1. The van der Waals surface area contributed by atoms with Crippen molar-refractivity contribution in [3.63, 3.8) is 0 Å². The van der Waals surface area contributed by atoms with Gasteiger partial charge in [-0.05, 0) is 19.3 Å². The molecule has 1 fully saturated rings. The Kier molecular flexibility index (Phi) is 4.74. The highest BCUT2D eigenvalue weighted by atomic mass is 16.4. The van der Waals surface area contributed by atoms with E-state index in [2.05, 4.69) is 5.32 Å². The smallest absolute Gasteiger partial charge is 0.317 e. The van der Waals surface area contributed by atoms with Crippen LogP contribution in [0.25, 0.3) is 0 Å². The summed E-state index contributed by atoms with van der Waals surface area (Å²) in [7, 11) is 0. The summed E-state index contributed by atoms with van der Waals surface area (Å²) in [6, 6.07) is -0.298. The van der Waals surface area contributed by atoms with Gasteiger partial charge in [-0.2, -0.15) is 0 Å². The van der Waals surface area contributed by atoms with Crippen LogP contribution in [0.1, 0.15) is 26.2 Å². The van der Waals surface area contributed by atoms with Crippen LogP contribution in [0.3, 0.4) is 0 Å². The van der Waals surface area contributed by atoms with E-state index < -0.39 is 11.4 Å². The summed E-state index contributed by atoms with van der Waals surface area (Å²) in [6.45, 7) is 2.87. The van der Waals surface area contributed by atoms with Gasteiger partial charge in [-0.15, -0.1) is 0 Å². The molecule has 1 aliphatic rings. The number of carboxylic acid groups (broad SMARTS) is 1. The predicted octanol–water partition coefficient (Wildman–Crippen LogP) is 0.265. The zero-order valence-corrected chi connectivity index (χ0v) is 10.1. The zero-order valence-electron chi connectivity index (χ0n) is 10.1. The first-order valence-corrected chi connectivity index (χ1v) is 5.93.